The van der Waals surface area contributed by atoms with E-state index in [1.165, 1.54) is 0 Å². The number of hydrogen-bond donors (Lipinski definition) is 3. The van der Waals surface area contributed by atoms with Gasteiger partial charge in [0.05, 0.1) is 19.8 Å². The van der Waals surface area contributed by atoms with Gasteiger partial charge in [0.1, 0.15) is 0 Å². The molecule has 1 fully saturated rings. The Hall–Kier alpha value is -2.49. The standard InChI is InChI=1S/C25H32N4O3.HI/c1-2-26-25(29-21-11-12-22-23(16-21)32-14-6-13-31-22)27-17-18-7-5-10-20(15-18)28-24(30)19-8-3-4-9-19;/h5,7,10-12,15-16,19H,2-4,6,8-9,13-14,17H2,1H3,(H,28,30)(H2,26,27,29);1H. The number of carbonyl (C=O) groups excluding carboxylic acids is 1. The van der Waals surface area contributed by atoms with Crippen LogP contribution in [0.5, 0.6) is 11.5 Å². The van der Waals surface area contributed by atoms with Crippen molar-refractivity contribution in [2.45, 2.75) is 45.6 Å². The highest BCUT2D eigenvalue weighted by Gasteiger charge is 2.22. The molecule has 0 aromatic heterocycles. The Bertz CT molecular complexity index is 960. The fourth-order valence-corrected chi connectivity index (χ4v) is 4.03. The molecule has 0 atom stereocenters. The van der Waals surface area contributed by atoms with Gasteiger partial charge >= 0.3 is 0 Å². The number of anilines is 2. The highest BCUT2D eigenvalue weighted by atomic mass is 127. The van der Waals surface area contributed by atoms with Crippen LogP contribution in [0.2, 0.25) is 0 Å². The second kappa shape index (κ2) is 12.7. The fraction of sp³-hybridized carbons (Fsp3) is 0.440. The number of halogens is 1. The van der Waals surface area contributed by atoms with Gasteiger partial charge in [-0.05, 0) is 49.6 Å². The van der Waals surface area contributed by atoms with Crippen molar-refractivity contribution in [2.75, 3.05) is 30.4 Å². The number of guanidine groups is 1. The van der Waals surface area contributed by atoms with Gasteiger partial charge in [0.2, 0.25) is 5.91 Å². The van der Waals surface area contributed by atoms with E-state index in [4.69, 9.17) is 14.5 Å². The van der Waals surface area contributed by atoms with Gasteiger partial charge in [-0.3, -0.25) is 4.79 Å². The molecule has 0 spiro atoms. The minimum absolute atomic E-state index is 0. The lowest BCUT2D eigenvalue weighted by molar-refractivity contribution is -0.119. The van der Waals surface area contributed by atoms with E-state index in [0.29, 0.717) is 25.7 Å². The maximum atomic E-state index is 12.4. The third-order valence-electron chi connectivity index (χ3n) is 5.69. The van der Waals surface area contributed by atoms with Crippen molar-refractivity contribution in [3.63, 3.8) is 0 Å². The topological polar surface area (TPSA) is 84.0 Å². The summed E-state index contributed by atoms with van der Waals surface area (Å²) in [5, 5.41) is 9.68. The predicted molar refractivity (Wildman–Crippen MR) is 143 cm³/mol. The van der Waals surface area contributed by atoms with E-state index < -0.39 is 0 Å². The van der Waals surface area contributed by atoms with Gasteiger partial charge in [-0.25, -0.2) is 4.99 Å². The molecule has 0 unspecified atom stereocenters. The number of ether oxygens (including phenoxy) is 2. The Morgan fingerprint density at radius 3 is 2.52 bits per heavy atom. The van der Waals surface area contributed by atoms with Gasteiger partial charge in [-0.15, -0.1) is 24.0 Å². The molecule has 4 rings (SSSR count). The second-order valence-electron chi connectivity index (χ2n) is 8.20. The summed E-state index contributed by atoms with van der Waals surface area (Å²) in [6, 6.07) is 13.7. The maximum absolute atomic E-state index is 12.4. The number of nitrogens with one attached hydrogen (secondary N) is 3. The average molecular weight is 564 g/mol. The van der Waals surface area contributed by atoms with Crippen molar-refractivity contribution < 1.29 is 14.3 Å². The van der Waals surface area contributed by atoms with Crippen LogP contribution >= 0.6 is 24.0 Å². The molecule has 1 heterocycles. The molecule has 2 aromatic rings. The first-order chi connectivity index (χ1) is 15.7. The van der Waals surface area contributed by atoms with E-state index in [1.807, 2.05) is 49.4 Å². The van der Waals surface area contributed by atoms with Crippen LogP contribution in [0.1, 0.15) is 44.6 Å². The Kier molecular flexibility index (Phi) is 9.65. The van der Waals surface area contributed by atoms with Crippen molar-refractivity contribution >= 4 is 47.2 Å². The lowest BCUT2D eigenvalue weighted by Crippen LogP contribution is -2.30. The van der Waals surface area contributed by atoms with Crippen LogP contribution < -0.4 is 25.4 Å². The molecule has 7 nitrogen and oxygen atoms in total. The molecule has 1 aliphatic heterocycles. The summed E-state index contributed by atoms with van der Waals surface area (Å²) in [7, 11) is 0. The van der Waals surface area contributed by atoms with E-state index in [9.17, 15) is 4.79 Å². The van der Waals surface area contributed by atoms with Gasteiger partial charge in [0.25, 0.3) is 0 Å². The Balaban J connectivity index is 0.00000306. The minimum atomic E-state index is 0. The van der Waals surface area contributed by atoms with Gasteiger partial charge in [-0.1, -0.05) is 25.0 Å². The first-order valence-electron chi connectivity index (χ1n) is 11.6. The Morgan fingerprint density at radius 2 is 1.73 bits per heavy atom. The van der Waals surface area contributed by atoms with Crippen molar-refractivity contribution in [1.82, 2.24) is 5.32 Å². The van der Waals surface area contributed by atoms with Crippen molar-refractivity contribution in [3.8, 4) is 11.5 Å². The number of nitrogens with zero attached hydrogens (tertiary/aromatic N) is 1. The maximum Gasteiger partial charge on any atom is 0.227 e. The van der Waals surface area contributed by atoms with Gasteiger partial charge in [0, 0.05) is 36.3 Å². The molecule has 8 heteroatoms. The number of amides is 1. The number of aliphatic imine (C=N–C) groups is 1. The van der Waals surface area contributed by atoms with Gasteiger partial charge in [0.15, 0.2) is 17.5 Å². The van der Waals surface area contributed by atoms with Crippen LogP contribution in [0.3, 0.4) is 0 Å². The number of rotatable bonds is 6. The molecule has 33 heavy (non-hydrogen) atoms. The van der Waals surface area contributed by atoms with Gasteiger partial charge < -0.3 is 25.4 Å². The first kappa shape index (κ1) is 25.1. The molecular weight excluding hydrogens is 531 g/mol. The lowest BCUT2D eigenvalue weighted by Gasteiger charge is -2.14. The normalized spacial score (nSPS) is 15.8. The zero-order valence-electron chi connectivity index (χ0n) is 19.1. The van der Waals surface area contributed by atoms with E-state index in [0.717, 1.165) is 67.1 Å². The average Bonchev–Trinajstić information content (AvgIpc) is 3.24. The molecule has 0 saturated heterocycles. The molecule has 0 bridgehead atoms. The van der Waals surface area contributed by atoms with Crippen molar-refractivity contribution in [1.29, 1.82) is 0 Å². The van der Waals surface area contributed by atoms with Gasteiger partial charge in [-0.2, -0.15) is 0 Å². The van der Waals surface area contributed by atoms with Crippen LogP contribution in [0.25, 0.3) is 0 Å². The largest absolute Gasteiger partial charge is 0.490 e. The van der Waals surface area contributed by atoms with E-state index in [1.54, 1.807) is 0 Å². The number of fused-ring (bicyclic) bond motifs is 1. The second-order valence-corrected chi connectivity index (χ2v) is 8.20. The molecule has 1 amide bonds. The monoisotopic (exact) mass is 564 g/mol. The molecule has 2 aromatic carbocycles. The molecule has 1 saturated carbocycles. The molecule has 3 N–H and O–H groups in total. The molecule has 178 valence electrons. The fourth-order valence-electron chi connectivity index (χ4n) is 4.03. The molecule has 1 aliphatic carbocycles. The quantitative estimate of drug-likeness (QED) is 0.256. The van der Waals surface area contributed by atoms with Crippen LogP contribution in [-0.4, -0.2) is 31.6 Å². The van der Waals surface area contributed by atoms with Crippen LogP contribution in [0, 0.1) is 5.92 Å². The summed E-state index contributed by atoms with van der Waals surface area (Å²) in [5.74, 6) is 2.48. The van der Waals surface area contributed by atoms with Crippen molar-refractivity contribution in [3.05, 3.63) is 48.0 Å². The smallest absolute Gasteiger partial charge is 0.227 e. The number of carbonyl (C=O) groups is 1. The Morgan fingerprint density at radius 1 is 0.970 bits per heavy atom. The van der Waals surface area contributed by atoms with E-state index in [-0.39, 0.29) is 35.8 Å². The van der Waals surface area contributed by atoms with E-state index in [2.05, 4.69) is 16.0 Å². The third kappa shape index (κ3) is 7.25. The summed E-state index contributed by atoms with van der Waals surface area (Å²) < 4.78 is 11.5. The highest BCUT2D eigenvalue weighted by Crippen LogP contribution is 2.32. The summed E-state index contributed by atoms with van der Waals surface area (Å²) in [6.07, 6.45) is 5.16. The lowest BCUT2D eigenvalue weighted by atomic mass is 10.1. The zero-order chi connectivity index (χ0) is 22.2. The molecule has 2 aliphatic rings. The van der Waals surface area contributed by atoms with Crippen LogP contribution in [0.15, 0.2) is 47.5 Å². The summed E-state index contributed by atoms with van der Waals surface area (Å²) in [6.45, 7) is 4.59. The van der Waals surface area contributed by atoms with Crippen LogP contribution in [-0.2, 0) is 11.3 Å². The number of hydrogen-bond acceptors (Lipinski definition) is 4. The molecule has 0 radical (unpaired) electrons. The Labute approximate surface area is 212 Å². The summed E-state index contributed by atoms with van der Waals surface area (Å²) in [5.41, 5.74) is 2.74. The van der Waals surface area contributed by atoms with E-state index >= 15 is 0 Å². The van der Waals surface area contributed by atoms with Crippen molar-refractivity contribution in [2.24, 2.45) is 10.9 Å². The predicted octanol–water partition coefficient (Wildman–Crippen LogP) is 5.17. The SMILES string of the molecule is CCNC(=NCc1cccc(NC(=O)C2CCCC2)c1)Nc1ccc2c(c1)OCCCO2.I. The van der Waals surface area contributed by atoms with Crippen LogP contribution in [0.4, 0.5) is 11.4 Å². The summed E-state index contributed by atoms with van der Waals surface area (Å²) in [4.78, 5) is 17.1. The number of benzene rings is 2. The zero-order valence-corrected chi connectivity index (χ0v) is 21.4. The minimum Gasteiger partial charge on any atom is -0.490 e. The highest BCUT2D eigenvalue weighted by molar-refractivity contribution is 14.0. The third-order valence-corrected chi connectivity index (χ3v) is 5.69. The molecular formula is C25H33IN4O3. The summed E-state index contributed by atoms with van der Waals surface area (Å²) >= 11 is 0. The first-order valence-corrected chi connectivity index (χ1v) is 11.6.